The summed E-state index contributed by atoms with van der Waals surface area (Å²) in [4.78, 5) is 38.3. The number of carbonyl (C=O) groups is 3. The molecule has 0 saturated carbocycles. The van der Waals surface area contributed by atoms with Crippen LogP contribution in [0.15, 0.2) is 109 Å². The van der Waals surface area contributed by atoms with Crippen molar-refractivity contribution < 1.29 is 28.6 Å². The first kappa shape index (κ1) is 75.1. The molecule has 0 aromatic carbocycles. The van der Waals surface area contributed by atoms with Crippen molar-refractivity contribution in [2.75, 3.05) is 13.2 Å². The minimum atomic E-state index is -0.817. The monoisotopic (exact) mass is 1100 g/mol. The minimum absolute atomic E-state index is 0.105. The van der Waals surface area contributed by atoms with Crippen molar-refractivity contribution in [3.63, 3.8) is 0 Å². The van der Waals surface area contributed by atoms with E-state index in [1.165, 1.54) is 173 Å². The molecule has 79 heavy (non-hydrogen) atoms. The lowest BCUT2D eigenvalue weighted by molar-refractivity contribution is -0.166. The molecule has 1 atom stereocenters. The fourth-order valence-electron chi connectivity index (χ4n) is 9.26. The quantitative estimate of drug-likeness (QED) is 0.0261. The molecule has 0 fully saturated rings. The van der Waals surface area contributed by atoms with Crippen LogP contribution in [0.25, 0.3) is 0 Å². The van der Waals surface area contributed by atoms with Gasteiger partial charge < -0.3 is 14.2 Å². The topological polar surface area (TPSA) is 78.9 Å². The Morgan fingerprint density at radius 3 is 0.848 bits per heavy atom. The zero-order valence-electron chi connectivity index (χ0n) is 51.9. The predicted octanol–water partition coefficient (Wildman–Crippen LogP) is 23.0. The lowest BCUT2D eigenvalue weighted by atomic mass is 10.0. The largest absolute Gasteiger partial charge is 0.462 e. The Hall–Kier alpha value is -3.93. The number of hydrogen-bond donors (Lipinski definition) is 0. The lowest BCUT2D eigenvalue weighted by Gasteiger charge is -2.18. The van der Waals surface area contributed by atoms with Crippen molar-refractivity contribution in [3.8, 4) is 0 Å². The van der Waals surface area contributed by atoms with Gasteiger partial charge in [0.2, 0.25) is 0 Å². The summed E-state index contributed by atoms with van der Waals surface area (Å²) in [7, 11) is 0. The Bertz CT molecular complexity index is 1590. The Labute approximate surface area is 489 Å². The van der Waals surface area contributed by atoms with Crippen LogP contribution in [0.5, 0.6) is 0 Å². The highest BCUT2D eigenvalue weighted by Gasteiger charge is 2.19. The van der Waals surface area contributed by atoms with Gasteiger partial charge in [0, 0.05) is 19.3 Å². The van der Waals surface area contributed by atoms with Gasteiger partial charge in [-0.1, -0.05) is 291 Å². The molecule has 0 bridgehead atoms. The highest BCUT2D eigenvalue weighted by atomic mass is 16.6. The van der Waals surface area contributed by atoms with E-state index in [1.54, 1.807) is 0 Å². The van der Waals surface area contributed by atoms with E-state index in [1.807, 2.05) is 6.08 Å². The molecule has 0 heterocycles. The van der Waals surface area contributed by atoms with Gasteiger partial charge in [-0.3, -0.25) is 14.4 Å². The molecule has 1 unspecified atom stereocenters. The van der Waals surface area contributed by atoms with E-state index in [4.69, 9.17) is 14.2 Å². The summed E-state index contributed by atoms with van der Waals surface area (Å²) in [6.45, 7) is 6.45. The summed E-state index contributed by atoms with van der Waals surface area (Å²) in [5.41, 5.74) is 0. The number of unbranched alkanes of at least 4 members (excludes halogenated alkanes) is 31. The van der Waals surface area contributed by atoms with E-state index >= 15 is 0 Å². The molecular formula is C73H124O6. The van der Waals surface area contributed by atoms with Crippen molar-refractivity contribution in [1.82, 2.24) is 0 Å². The van der Waals surface area contributed by atoms with Crippen molar-refractivity contribution in [3.05, 3.63) is 109 Å². The summed E-state index contributed by atoms with van der Waals surface area (Å²) in [6.07, 6.45) is 91.2. The standard InChI is InChI=1S/C73H124O6/c1-4-7-10-13-16-19-22-25-27-29-31-33-34-35-36-37-38-40-41-43-45-48-51-54-57-60-63-66-72(75)78-69-70(68-77-71(74)65-62-59-56-53-50-47-24-21-18-15-12-9-6-3)79-73(76)67-64-61-58-55-52-49-46-44-42-39-32-30-28-26-23-20-17-14-11-8-5-2/h9,12,18,21-23,25-26,29-32,42,44,47,50,56,59,70H,4-8,10-11,13-17,19-20,24,27-28,33-41,43,45-46,48-49,51-55,57-58,60-69H2,1-3H3/b12-9-,21-18-,25-22-,26-23-,31-29-,32-30-,44-42-,50-47-,59-56-. The molecule has 0 rings (SSSR count). The number of esters is 3. The Morgan fingerprint density at radius 2 is 0.519 bits per heavy atom. The molecular weight excluding hydrogens is 973 g/mol. The second-order valence-corrected chi connectivity index (χ2v) is 22.0. The molecule has 0 radical (unpaired) electrons. The lowest BCUT2D eigenvalue weighted by Crippen LogP contribution is -2.30. The highest BCUT2D eigenvalue weighted by molar-refractivity contribution is 5.71. The molecule has 0 aliphatic carbocycles. The van der Waals surface area contributed by atoms with Crippen molar-refractivity contribution in [2.24, 2.45) is 0 Å². The van der Waals surface area contributed by atoms with E-state index in [-0.39, 0.29) is 37.5 Å². The van der Waals surface area contributed by atoms with Gasteiger partial charge in [-0.2, -0.15) is 0 Å². The number of allylic oxidation sites excluding steroid dienone is 18. The molecule has 0 aromatic rings. The molecule has 452 valence electrons. The van der Waals surface area contributed by atoms with Gasteiger partial charge in [-0.05, 0) is 116 Å². The van der Waals surface area contributed by atoms with Gasteiger partial charge in [0.05, 0.1) is 0 Å². The third-order valence-corrected chi connectivity index (χ3v) is 14.2. The number of hydrogen-bond acceptors (Lipinski definition) is 6. The summed E-state index contributed by atoms with van der Waals surface area (Å²) in [5, 5.41) is 0. The van der Waals surface area contributed by atoms with Gasteiger partial charge in [0.1, 0.15) is 13.2 Å². The normalized spacial score (nSPS) is 12.8. The maximum Gasteiger partial charge on any atom is 0.306 e. The molecule has 0 spiro atoms. The van der Waals surface area contributed by atoms with Crippen LogP contribution in [0, 0.1) is 0 Å². The Morgan fingerprint density at radius 1 is 0.266 bits per heavy atom. The van der Waals surface area contributed by atoms with Crippen molar-refractivity contribution in [1.29, 1.82) is 0 Å². The molecule has 0 amide bonds. The van der Waals surface area contributed by atoms with Crippen LogP contribution in [0.4, 0.5) is 0 Å². The average Bonchev–Trinajstić information content (AvgIpc) is 3.45. The Balaban J connectivity index is 4.34. The van der Waals surface area contributed by atoms with Crippen LogP contribution >= 0.6 is 0 Å². The second-order valence-electron chi connectivity index (χ2n) is 22.0. The van der Waals surface area contributed by atoms with Crippen LogP contribution < -0.4 is 0 Å². The zero-order valence-corrected chi connectivity index (χ0v) is 51.9. The van der Waals surface area contributed by atoms with Crippen LogP contribution in [-0.4, -0.2) is 37.2 Å². The minimum Gasteiger partial charge on any atom is -0.462 e. The number of ether oxygens (including phenoxy) is 3. The van der Waals surface area contributed by atoms with Crippen LogP contribution in [-0.2, 0) is 28.6 Å². The van der Waals surface area contributed by atoms with Crippen LogP contribution in [0.3, 0.4) is 0 Å². The van der Waals surface area contributed by atoms with E-state index in [0.717, 1.165) is 96.3 Å². The van der Waals surface area contributed by atoms with E-state index in [9.17, 15) is 14.4 Å². The molecule has 0 saturated heterocycles. The molecule has 6 nitrogen and oxygen atoms in total. The fourth-order valence-corrected chi connectivity index (χ4v) is 9.26. The Kier molecular flexibility index (Phi) is 63.3. The van der Waals surface area contributed by atoms with Gasteiger partial charge in [0.15, 0.2) is 6.10 Å². The maximum absolute atomic E-state index is 12.9. The average molecular weight is 1100 g/mol. The van der Waals surface area contributed by atoms with E-state index < -0.39 is 6.10 Å². The summed E-state index contributed by atoms with van der Waals surface area (Å²) in [5.74, 6) is -0.996. The summed E-state index contributed by atoms with van der Waals surface area (Å²) in [6, 6.07) is 0. The highest BCUT2D eigenvalue weighted by Crippen LogP contribution is 2.16. The van der Waals surface area contributed by atoms with Gasteiger partial charge in [-0.15, -0.1) is 0 Å². The third kappa shape index (κ3) is 64.8. The van der Waals surface area contributed by atoms with Crippen molar-refractivity contribution in [2.45, 2.75) is 322 Å². The summed E-state index contributed by atoms with van der Waals surface area (Å²) < 4.78 is 16.9. The number of rotatable bonds is 60. The maximum atomic E-state index is 12.9. The van der Waals surface area contributed by atoms with E-state index in [0.29, 0.717) is 19.3 Å². The van der Waals surface area contributed by atoms with E-state index in [2.05, 4.69) is 124 Å². The molecule has 0 aliphatic rings. The van der Waals surface area contributed by atoms with Gasteiger partial charge >= 0.3 is 17.9 Å². The zero-order chi connectivity index (χ0) is 57.1. The first-order valence-corrected chi connectivity index (χ1v) is 33.4. The molecule has 0 N–H and O–H groups in total. The molecule has 0 aliphatic heterocycles. The first-order valence-electron chi connectivity index (χ1n) is 33.4. The second kappa shape index (κ2) is 66.6. The number of carbonyl (C=O) groups excluding carboxylic acids is 3. The van der Waals surface area contributed by atoms with Crippen LogP contribution in [0.2, 0.25) is 0 Å². The van der Waals surface area contributed by atoms with Gasteiger partial charge in [-0.25, -0.2) is 0 Å². The predicted molar refractivity (Wildman–Crippen MR) is 343 cm³/mol. The van der Waals surface area contributed by atoms with Crippen LogP contribution in [0.1, 0.15) is 316 Å². The molecule has 6 heteroatoms. The van der Waals surface area contributed by atoms with Gasteiger partial charge in [0.25, 0.3) is 0 Å². The third-order valence-electron chi connectivity index (χ3n) is 14.2. The smallest absolute Gasteiger partial charge is 0.306 e. The molecule has 0 aromatic heterocycles. The fraction of sp³-hybridized carbons (Fsp3) is 0.712. The SMILES string of the molecule is CC/C=C\C/C=C\C/C=C\C/C=C\CCC(=O)OCC(COC(=O)CCCCCCCCCCCCCCCCC/C=C\C/C=C\CCCCCCC)OC(=O)CCCCCCCC/C=C\C/C=C\C/C=C\CCCCCCC. The summed E-state index contributed by atoms with van der Waals surface area (Å²) >= 11 is 0. The van der Waals surface area contributed by atoms with Crippen molar-refractivity contribution >= 4 is 17.9 Å². The first-order chi connectivity index (χ1) is 39.0.